The Morgan fingerprint density at radius 2 is 1.88 bits per heavy atom. The van der Waals surface area contributed by atoms with Gasteiger partial charge < -0.3 is 9.52 Å². The lowest BCUT2D eigenvalue weighted by atomic mass is 10.0. The molecule has 0 amide bonds. The molecule has 0 saturated carbocycles. The Labute approximate surface area is 97.5 Å². The van der Waals surface area contributed by atoms with E-state index in [1.165, 1.54) is 0 Å². The molecule has 0 spiro atoms. The Hall–Kier alpha value is -2.10. The molecule has 0 aliphatic rings. The molecule has 17 heavy (non-hydrogen) atoms. The lowest BCUT2D eigenvalue weighted by molar-refractivity contribution is 0.0691. The molecule has 0 fully saturated rings. The molecule has 0 atom stereocenters. The standard InChI is InChI=1S/C13H12O4/c1-6-4-7(2)11-9(5-6)8(3)10(12(14)15)13(16)17-11/h4-5H,1-3H3,(H,14,15). The van der Waals surface area contributed by atoms with Gasteiger partial charge in [-0.15, -0.1) is 0 Å². The topological polar surface area (TPSA) is 67.5 Å². The SMILES string of the molecule is Cc1cc(C)c2oc(=O)c(C(=O)O)c(C)c2c1. The Kier molecular flexibility index (Phi) is 2.50. The zero-order valence-electron chi connectivity index (χ0n) is 9.83. The fourth-order valence-corrected chi connectivity index (χ4v) is 2.05. The molecule has 0 unspecified atom stereocenters. The summed E-state index contributed by atoms with van der Waals surface area (Å²) in [5.74, 6) is -1.25. The molecule has 2 aromatic rings. The van der Waals surface area contributed by atoms with Crippen molar-refractivity contribution < 1.29 is 14.3 Å². The van der Waals surface area contributed by atoms with Crippen LogP contribution in [0.5, 0.6) is 0 Å². The minimum Gasteiger partial charge on any atom is -0.477 e. The Balaban J connectivity index is 3.02. The highest BCUT2D eigenvalue weighted by Crippen LogP contribution is 2.23. The van der Waals surface area contributed by atoms with Crippen molar-refractivity contribution in [1.82, 2.24) is 0 Å². The predicted octanol–water partition coefficient (Wildman–Crippen LogP) is 2.42. The lowest BCUT2D eigenvalue weighted by Crippen LogP contribution is -2.16. The summed E-state index contributed by atoms with van der Waals surface area (Å²) in [5.41, 5.74) is 1.66. The van der Waals surface area contributed by atoms with Crippen LogP contribution in [-0.2, 0) is 0 Å². The number of aryl methyl sites for hydroxylation is 3. The van der Waals surface area contributed by atoms with Crippen molar-refractivity contribution >= 4 is 16.9 Å². The first kappa shape index (κ1) is 11.4. The van der Waals surface area contributed by atoms with Gasteiger partial charge in [0.15, 0.2) is 0 Å². The molecule has 0 bridgehead atoms. The molecule has 88 valence electrons. The summed E-state index contributed by atoms with van der Waals surface area (Å²) in [6.07, 6.45) is 0. The number of fused-ring (bicyclic) bond motifs is 1. The van der Waals surface area contributed by atoms with Gasteiger partial charge in [0.1, 0.15) is 11.1 Å². The van der Waals surface area contributed by atoms with Gasteiger partial charge in [0.2, 0.25) is 0 Å². The van der Waals surface area contributed by atoms with Crippen LogP contribution in [0.15, 0.2) is 21.3 Å². The number of benzene rings is 1. The summed E-state index contributed by atoms with van der Waals surface area (Å²) in [7, 11) is 0. The first-order chi connectivity index (χ1) is 7.91. The fourth-order valence-electron chi connectivity index (χ4n) is 2.05. The first-order valence-electron chi connectivity index (χ1n) is 5.19. The zero-order chi connectivity index (χ0) is 12.7. The van der Waals surface area contributed by atoms with Gasteiger partial charge in [-0.2, -0.15) is 0 Å². The molecule has 0 aliphatic carbocycles. The van der Waals surface area contributed by atoms with Crippen molar-refractivity contribution in [2.45, 2.75) is 20.8 Å². The molecular formula is C13H12O4. The van der Waals surface area contributed by atoms with Crippen LogP contribution in [-0.4, -0.2) is 11.1 Å². The highest BCUT2D eigenvalue weighted by atomic mass is 16.4. The molecule has 2 rings (SSSR count). The monoisotopic (exact) mass is 232 g/mol. The number of hydrogen-bond acceptors (Lipinski definition) is 3. The quantitative estimate of drug-likeness (QED) is 0.766. The second kappa shape index (κ2) is 3.73. The van der Waals surface area contributed by atoms with Crippen molar-refractivity contribution in [2.75, 3.05) is 0 Å². The maximum atomic E-state index is 11.6. The van der Waals surface area contributed by atoms with Gasteiger partial charge in [-0.05, 0) is 43.5 Å². The highest BCUT2D eigenvalue weighted by Gasteiger charge is 2.18. The van der Waals surface area contributed by atoms with Crippen molar-refractivity contribution in [3.63, 3.8) is 0 Å². The number of aromatic carboxylic acids is 1. The summed E-state index contributed by atoms with van der Waals surface area (Å²) >= 11 is 0. The van der Waals surface area contributed by atoms with Gasteiger partial charge in [-0.3, -0.25) is 0 Å². The predicted molar refractivity (Wildman–Crippen MR) is 63.7 cm³/mol. The van der Waals surface area contributed by atoms with Crippen molar-refractivity contribution in [3.05, 3.63) is 44.8 Å². The molecule has 0 radical (unpaired) electrons. The van der Waals surface area contributed by atoms with Gasteiger partial charge in [-0.1, -0.05) is 6.07 Å². The highest BCUT2D eigenvalue weighted by molar-refractivity contribution is 5.95. The molecule has 1 aromatic carbocycles. The second-order valence-electron chi connectivity index (χ2n) is 4.15. The van der Waals surface area contributed by atoms with E-state index in [-0.39, 0.29) is 5.56 Å². The molecule has 0 aliphatic heterocycles. The minimum absolute atomic E-state index is 0.289. The van der Waals surface area contributed by atoms with E-state index in [1.807, 2.05) is 26.0 Å². The van der Waals surface area contributed by atoms with Crippen molar-refractivity contribution in [3.8, 4) is 0 Å². The van der Waals surface area contributed by atoms with E-state index in [4.69, 9.17) is 9.52 Å². The number of hydrogen-bond donors (Lipinski definition) is 1. The van der Waals surface area contributed by atoms with Crippen LogP contribution >= 0.6 is 0 Å². The molecule has 4 nitrogen and oxygen atoms in total. The Morgan fingerprint density at radius 1 is 1.24 bits per heavy atom. The molecule has 1 heterocycles. The number of carboxylic acids is 1. The van der Waals surface area contributed by atoms with Crippen LogP contribution in [0.25, 0.3) is 11.0 Å². The molecule has 1 aromatic heterocycles. The third-order valence-corrected chi connectivity index (χ3v) is 2.81. The van der Waals surface area contributed by atoms with E-state index in [2.05, 4.69) is 0 Å². The van der Waals surface area contributed by atoms with Crippen LogP contribution in [0.3, 0.4) is 0 Å². The van der Waals surface area contributed by atoms with Crippen molar-refractivity contribution in [1.29, 1.82) is 0 Å². The smallest absolute Gasteiger partial charge is 0.351 e. The van der Waals surface area contributed by atoms with Crippen LogP contribution < -0.4 is 5.63 Å². The fraction of sp³-hybridized carbons (Fsp3) is 0.231. The van der Waals surface area contributed by atoms with E-state index in [0.717, 1.165) is 11.1 Å². The zero-order valence-corrected chi connectivity index (χ0v) is 9.83. The molecule has 1 N–H and O–H groups in total. The minimum atomic E-state index is -1.25. The molecular weight excluding hydrogens is 220 g/mol. The largest absolute Gasteiger partial charge is 0.477 e. The Bertz CT molecular complexity index is 680. The van der Waals surface area contributed by atoms with E-state index < -0.39 is 11.6 Å². The van der Waals surface area contributed by atoms with Gasteiger partial charge >= 0.3 is 11.6 Å². The summed E-state index contributed by atoms with van der Waals surface area (Å²) in [4.78, 5) is 22.6. The van der Waals surface area contributed by atoms with E-state index in [9.17, 15) is 9.59 Å². The van der Waals surface area contributed by atoms with Crippen LogP contribution in [0.1, 0.15) is 27.0 Å². The van der Waals surface area contributed by atoms with Crippen LogP contribution in [0.4, 0.5) is 0 Å². The third-order valence-electron chi connectivity index (χ3n) is 2.81. The third kappa shape index (κ3) is 1.71. The average molecular weight is 232 g/mol. The maximum Gasteiger partial charge on any atom is 0.351 e. The summed E-state index contributed by atoms with van der Waals surface area (Å²) in [6, 6.07) is 3.72. The van der Waals surface area contributed by atoms with Crippen molar-refractivity contribution in [2.24, 2.45) is 0 Å². The average Bonchev–Trinajstić information content (AvgIpc) is 2.19. The molecule has 4 heteroatoms. The Morgan fingerprint density at radius 3 is 2.47 bits per heavy atom. The van der Waals surface area contributed by atoms with Gasteiger partial charge in [0.05, 0.1) is 0 Å². The number of carbonyl (C=O) groups is 1. The lowest BCUT2D eigenvalue weighted by Gasteiger charge is -2.07. The first-order valence-corrected chi connectivity index (χ1v) is 5.19. The van der Waals surface area contributed by atoms with Gasteiger partial charge in [-0.25, -0.2) is 9.59 Å². The number of carboxylic acid groups (broad SMARTS) is 1. The van der Waals surface area contributed by atoms with E-state index in [0.29, 0.717) is 16.5 Å². The van der Waals surface area contributed by atoms with Crippen LogP contribution in [0, 0.1) is 20.8 Å². The summed E-state index contributed by atoms with van der Waals surface area (Å²) in [5, 5.41) is 9.66. The van der Waals surface area contributed by atoms with Gasteiger partial charge in [0, 0.05) is 5.39 Å². The van der Waals surface area contributed by atoms with Crippen LogP contribution in [0.2, 0.25) is 0 Å². The number of rotatable bonds is 1. The second-order valence-corrected chi connectivity index (χ2v) is 4.15. The molecule has 0 saturated heterocycles. The van der Waals surface area contributed by atoms with E-state index >= 15 is 0 Å². The maximum absolute atomic E-state index is 11.6. The summed E-state index contributed by atoms with van der Waals surface area (Å²) in [6.45, 7) is 5.37. The van der Waals surface area contributed by atoms with E-state index in [1.54, 1.807) is 6.92 Å². The van der Waals surface area contributed by atoms with Gasteiger partial charge in [0.25, 0.3) is 0 Å². The summed E-state index contributed by atoms with van der Waals surface area (Å²) < 4.78 is 5.08. The normalized spacial score (nSPS) is 10.8.